The van der Waals surface area contributed by atoms with Crippen LogP contribution in [-0.2, 0) is 19.9 Å². The van der Waals surface area contributed by atoms with E-state index in [-0.39, 0.29) is 51.4 Å². The minimum Gasteiger partial charge on any atom is -0.497 e. The van der Waals surface area contributed by atoms with Crippen LogP contribution >= 0.6 is 0 Å². The van der Waals surface area contributed by atoms with E-state index in [9.17, 15) is 41.0 Å². The number of hydrogen-bond acceptors (Lipinski definition) is 8. The number of carbonyl (C=O) groups is 2. The van der Waals surface area contributed by atoms with E-state index in [0.29, 0.717) is 38.5 Å². The number of hydrogen-bond donors (Lipinski definition) is 5. The molecule has 0 spiro atoms. The lowest BCUT2D eigenvalue weighted by Crippen LogP contribution is -2.37. The number of methoxy groups -OCH3 is 2. The van der Waals surface area contributed by atoms with E-state index in [1.165, 1.54) is 0 Å². The highest BCUT2D eigenvalue weighted by molar-refractivity contribution is 5.81. The summed E-state index contributed by atoms with van der Waals surface area (Å²) in [4.78, 5) is 21.3. The lowest BCUT2D eigenvalue weighted by Gasteiger charge is -2.37. The Hall–Kier alpha value is -4.38. The van der Waals surface area contributed by atoms with Crippen molar-refractivity contribution in [3.8, 4) is 11.5 Å². The minimum absolute atomic E-state index is 0.0156. The molecule has 1 atom stereocenters. The third kappa shape index (κ3) is 17.8. The Morgan fingerprint density at radius 2 is 0.915 bits per heavy atom. The van der Waals surface area contributed by atoms with E-state index in [4.69, 9.17) is 24.4 Å². The topological polar surface area (TPSA) is 147 Å². The van der Waals surface area contributed by atoms with Crippen LogP contribution in [0.15, 0.2) is 78.9 Å². The zero-order valence-corrected chi connectivity index (χ0v) is 33.6. The highest BCUT2D eigenvalue weighted by Gasteiger charge is 2.40. The average Bonchev–Trinajstić information content (AvgIpc) is 3.23. The average molecular weight is 845 g/mol. The van der Waals surface area contributed by atoms with E-state index in [2.05, 4.69) is 0 Å². The van der Waals surface area contributed by atoms with Crippen molar-refractivity contribution < 1.29 is 65.5 Å². The van der Waals surface area contributed by atoms with Crippen molar-refractivity contribution in [2.45, 2.75) is 82.2 Å². The van der Waals surface area contributed by atoms with Crippen LogP contribution in [0.4, 0.5) is 26.3 Å². The summed E-state index contributed by atoms with van der Waals surface area (Å²) in [5, 5.41) is 31.5. The van der Waals surface area contributed by atoms with Gasteiger partial charge < -0.3 is 40.2 Å². The Labute approximate surface area is 342 Å². The van der Waals surface area contributed by atoms with Crippen molar-refractivity contribution in [1.82, 2.24) is 10.6 Å². The summed E-state index contributed by atoms with van der Waals surface area (Å²) in [5.74, 6) is -2.64. The Balaban J connectivity index is 0.000000561. The second-order valence-corrected chi connectivity index (χ2v) is 14.0. The second kappa shape index (κ2) is 26.7. The molecule has 0 saturated carbocycles. The standard InChI is InChI=1S/C32H38F3NO5.C11H20F3NO3/c1-39-28-17-13-26(14-18-28)31(25-11-7-5-8-12-25,27-15-19-29(40-2)20-16-27)41-23-24(22-37)10-6-3-4-9-21-36-30(38)32(33,34)35;12-11(13,14)10(18)15-6-4-2-1-3-5-9(7-16)8-17/h5,7-8,11-20,24,37H,3-4,6,9-10,21-23H2,1-2H3,(H,36,38);9,16-17H,1-8H2,(H,15,18). The smallest absolute Gasteiger partial charge is 0.471 e. The van der Waals surface area contributed by atoms with Gasteiger partial charge >= 0.3 is 24.2 Å². The van der Waals surface area contributed by atoms with Gasteiger partial charge in [-0.15, -0.1) is 0 Å². The molecule has 0 bridgehead atoms. The summed E-state index contributed by atoms with van der Waals surface area (Å²) in [6.07, 6.45) is -2.83. The van der Waals surface area contributed by atoms with E-state index in [1.54, 1.807) is 19.5 Å². The number of carbonyl (C=O) groups excluding carboxylic acids is 2. The van der Waals surface area contributed by atoms with Gasteiger partial charge in [-0.25, -0.2) is 0 Å². The highest BCUT2D eigenvalue weighted by Crippen LogP contribution is 2.42. The van der Waals surface area contributed by atoms with E-state index in [1.807, 2.05) is 84.2 Å². The van der Waals surface area contributed by atoms with Crippen molar-refractivity contribution in [1.29, 1.82) is 0 Å². The van der Waals surface area contributed by atoms with Crippen LogP contribution in [-0.4, -0.2) is 93.2 Å². The zero-order chi connectivity index (χ0) is 43.7. The number of aliphatic hydroxyl groups excluding tert-OH is 3. The number of amides is 2. The normalized spacial score (nSPS) is 12.3. The number of nitrogens with one attached hydrogen (secondary N) is 2. The molecule has 0 aromatic heterocycles. The number of alkyl halides is 6. The first-order chi connectivity index (χ1) is 28.2. The maximum atomic E-state index is 12.3. The lowest BCUT2D eigenvalue weighted by atomic mass is 9.79. The molecule has 0 saturated heterocycles. The Kier molecular flexibility index (Phi) is 22.9. The Morgan fingerprint density at radius 3 is 1.29 bits per heavy atom. The summed E-state index contributed by atoms with van der Waals surface area (Å²) in [6.45, 7) is 0.0785. The van der Waals surface area contributed by atoms with Crippen molar-refractivity contribution in [2.24, 2.45) is 11.8 Å². The van der Waals surface area contributed by atoms with Gasteiger partial charge in [0.1, 0.15) is 17.1 Å². The van der Waals surface area contributed by atoms with Gasteiger partial charge in [0.25, 0.3) is 0 Å². The molecular formula is C43H58F6N2O8. The molecule has 59 heavy (non-hydrogen) atoms. The van der Waals surface area contributed by atoms with Crippen LogP contribution < -0.4 is 20.1 Å². The summed E-state index contributed by atoms with van der Waals surface area (Å²) in [5.41, 5.74) is 1.73. The molecule has 3 rings (SSSR count). The highest BCUT2D eigenvalue weighted by atomic mass is 19.4. The predicted octanol–water partition coefficient (Wildman–Crippen LogP) is 7.47. The summed E-state index contributed by atoms with van der Waals surface area (Å²) >= 11 is 0. The Morgan fingerprint density at radius 1 is 0.542 bits per heavy atom. The number of benzene rings is 3. The van der Waals surface area contributed by atoms with Gasteiger partial charge in [-0.05, 0) is 66.6 Å². The molecule has 0 aliphatic carbocycles. The van der Waals surface area contributed by atoms with E-state index in [0.717, 1.165) is 53.9 Å². The number of halogens is 6. The lowest BCUT2D eigenvalue weighted by molar-refractivity contribution is -0.173. The molecule has 0 aliphatic heterocycles. The van der Waals surface area contributed by atoms with Crippen LogP contribution in [0.2, 0.25) is 0 Å². The number of unbranched alkanes of at least 4 members (excludes halogenated alkanes) is 6. The molecular weight excluding hydrogens is 786 g/mol. The predicted molar refractivity (Wildman–Crippen MR) is 211 cm³/mol. The van der Waals surface area contributed by atoms with Crippen LogP contribution in [0.25, 0.3) is 0 Å². The molecule has 3 aromatic rings. The van der Waals surface area contributed by atoms with Crippen LogP contribution in [0.5, 0.6) is 11.5 Å². The third-order valence-electron chi connectivity index (χ3n) is 9.65. The maximum Gasteiger partial charge on any atom is 0.471 e. The quantitative estimate of drug-likeness (QED) is 0.0336. The molecule has 0 radical (unpaired) electrons. The largest absolute Gasteiger partial charge is 0.497 e. The fraction of sp³-hybridized carbons (Fsp3) is 0.535. The monoisotopic (exact) mass is 844 g/mol. The number of aliphatic hydroxyl groups is 3. The van der Waals surface area contributed by atoms with Gasteiger partial charge in [0, 0.05) is 44.7 Å². The summed E-state index contributed by atoms with van der Waals surface area (Å²) < 4.78 is 89.9. The van der Waals surface area contributed by atoms with Gasteiger partial charge in [-0.3, -0.25) is 9.59 Å². The summed E-state index contributed by atoms with van der Waals surface area (Å²) in [6, 6.07) is 25.3. The first-order valence-electron chi connectivity index (χ1n) is 19.7. The van der Waals surface area contributed by atoms with Crippen molar-refractivity contribution in [3.05, 3.63) is 95.6 Å². The van der Waals surface area contributed by atoms with E-state index < -0.39 is 29.8 Å². The molecule has 3 aromatic carbocycles. The Bertz CT molecular complexity index is 1540. The van der Waals surface area contributed by atoms with Crippen LogP contribution in [0.3, 0.4) is 0 Å². The van der Waals surface area contributed by atoms with Gasteiger partial charge in [0.2, 0.25) is 0 Å². The first kappa shape index (κ1) is 50.8. The molecule has 10 nitrogen and oxygen atoms in total. The molecule has 16 heteroatoms. The zero-order valence-electron chi connectivity index (χ0n) is 33.6. The molecule has 330 valence electrons. The number of ether oxygens (including phenoxy) is 3. The van der Waals surface area contributed by atoms with Gasteiger partial charge in [0.15, 0.2) is 0 Å². The van der Waals surface area contributed by atoms with Gasteiger partial charge in [0.05, 0.1) is 20.8 Å². The van der Waals surface area contributed by atoms with Crippen LogP contribution in [0.1, 0.15) is 80.9 Å². The van der Waals surface area contributed by atoms with Crippen LogP contribution in [0, 0.1) is 11.8 Å². The molecule has 2 amide bonds. The molecule has 0 fully saturated rings. The summed E-state index contributed by atoms with van der Waals surface area (Å²) in [7, 11) is 3.23. The number of rotatable bonds is 25. The SMILES string of the molecule is COc1ccc(C(OCC(CO)CCCCCCNC(=O)C(F)(F)F)(c2ccccc2)c2ccc(OC)cc2)cc1.O=C(NCCCCCCC(CO)CO)C(F)(F)F. The molecule has 5 N–H and O–H groups in total. The fourth-order valence-corrected chi connectivity index (χ4v) is 6.21. The maximum absolute atomic E-state index is 12.3. The fourth-order valence-electron chi connectivity index (χ4n) is 6.21. The third-order valence-corrected chi connectivity index (χ3v) is 9.65. The van der Waals surface area contributed by atoms with Crippen molar-refractivity contribution >= 4 is 11.8 Å². The molecule has 0 aliphatic rings. The first-order valence-corrected chi connectivity index (χ1v) is 19.7. The van der Waals surface area contributed by atoms with Crippen molar-refractivity contribution in [3.63, 3.8) is 0 Å². The van der Waals surface area contributed by atoms with Gasteiger partial charge in [-0.2, -0.15) is 26.3 Å². The molecule has 1 unspecified atom stereocenters. The van der Waals surface area contributed by atoms with Gasteiger partial charge in [-0.1, -0.05) is 93.1 Å². The molecule has 0 heterocycles. The van der Waals surface area contributed by atoms with E-state index >= 15 is 0 Å². The van der Waals surface area contributed by atoms with Crippen molar-refractivity contribution in [2.75, 3.05) is 53.7 Å². The second-order valence-electron chi connectivity index (χ2n) is 14.0. The minimum atomic E-state index is -4.86.